The monoisotopic (exact) mass is 241 g/mol. The largest absolute Gasteiger partial charge is 0.368 e. The third-order valence-corrected chi connectivity index (χ3v) is 3.80. The first-order valence-corrected chi connectivity index (χ1v) is 6.88. The first-order valence-electron chi connectivity index (χ1n) is 6.88. The van der Waals surface area contributed by atoms with Crippen molar-refractivity contribution in [2.75, 3.05) is 13.1 Å². The Hall–Kier alpha value is -0.610. The second-order valence-electron chi connectivity index (χ2n) is 5.09. The van der Waals surface area contributed by atoms with Gasteiger partial charge in [-0.15, -0.1) is 0 Å². The number of hydrogen-bond donors (Lipinski definition) is 2. The highest BCUT2D eigenvalue weighted by molar-refractivity contribution is 5.80. The van der Waals surface area contributed by atoms with Crippen molar-refractivity contribution in [1.82, 2.24) is 10.2 Å². The standard InChI is InChI=1S/C13H27N3O/c1-4-8-15-12(13(14)17)9-16-10(3)6-7-11(16)5-2/h10-12,15H,4-9H2,1-3H3,(H2,14,17). The SMILES string of the molecule is CCCNC(CN1C(C)CCC1CC)C(N)=O. The van der Waals surface area contributed by atoms with Crippen molar-refractivity contribution in [3.05, 3.63) is 0 Å². The van der Waals surface area contributed by atoms with Gasteiger partial charge in [0.15, 0.2) is 0 Å². The number of primary amides is 1. The number of nitrogens with one attached hydrogen (secondary N) is 1. The lowest BCUT2D eigenvalue weighted by atomic mass is 10.1. The van der Waals surface area contributed by atoms with Crippen LogP contribution in [0.3, 0.4) is 0 Å². The molecule has 1 heterocycles. The third-order valence-electron chi connectivity index (χ3n) is 3.80. The number of carbonyl (C=O) groups excluding carboxylic acids is 1. The fraction of sp³-hybridized carbons (Fsp3) is 0.923. The Morgan fingerprint density at radius 1 is 1.47 bits per heavy atom. The minimum absolute atomic E-state index is 0.204. The Morgan fingerprint density at radius 3 is 2.71 bits per heavy atom. The highest BCUT2D eigenvalue weighted by Gasteiger charge is 2.32. The van der Waals surface area contributed by atoms with Gasteiger partial charge in [0.1, 0.15) is 0 Å². The molecule has 100 valence electrons. The summed E-state index contributed by atoms with van der Waals surface area (Å²) in [6.45, 7) is 8.17. The highest BCUT2D eigenvalue weighted by atomic mass is 16.1. The van der Waals surface area contributed by atoms with E-state index in [1.807, 2.05) is 0 Å². The van der Waals surface area contributed by atoms with E-state index in [9.17, 15) is 4.79 Å². The molecule has 0 aromatic carbocycles. The van der Waals surface area contributed by atoms with Crippen molar-refractivity contribution < 1.29 is 4.79 Å². The van der Waals surface area contributed by atoms with Crippen LogP contribution in [0.4, 0.5) is 0 Å². The number of carbonyl (C=O) groups is 1. The first-order chi connectivity index (χ1) is 8.10. The minimum Gasteiger partial charge on any atom is -0.368 e. The maximum Gasteiger partial charge on any atom is 0.235 e. The van der Waals surface area contributed by atoms with E-state index < -0.39 is 0 Å². The summed E-state index contributed by atoms with van der Waals surface area (Å²) in [5, 5.41) is 3.24. The molecule has 4 nitrogen and oxygen atoms in total. The third kappa shape index (κ3) is 3.96. The average molecular weight is 241 g/mol. The average Bonchev–Trinajstić information content (AvgIpc) is 2.65. The van der Waals surface area contributed by atoms with Gasteiger partial charge in [0.25, 0.3) is 0 Å². The molecule has 1 saturated heterocycles. The van der Waals surface area contributed by atoms with Gasteiger partial charge in [-0.05, 0) is 39.2 Å². The van der Waals surface area contributed by atoms with Crippen molar-refractivity contribution in [3.8, 4) is 0 Å². The Kier molecular flexibility index (Phi) is 5.92. The maximum atomic E-state index is 11.4. The molecule has 3 N–H and O–H groups in total. The lowest BCUT2D eigenvalue weighted by Gasteiger charge is -2.31. The van der Waals surface area contributed by atoms with E-state index in [1.54, 1.807) is 0 Å². The van der Waals surface area contributed by atoms with Crippen LogP contribution in [0.25, 0.3) is 0 Å². The lowest BCUT2D eigenvalue weighted by molar-refractivity contribution is -0.120. The molecule has 1 aliphatic rings. The van der Waals surface area contributed by atoms with E-state index in [4.69, 9.17) is 5.73 Å². The molecule has 1 rings (SSSR count). The molecular weight excluding hydrogens is 214 g/mol. The van der Waals surface area contributed by atoms with Gasteiger partial charge in [0, 0.05) is 18.6 Å². The van der Waals surface area contributed by atoms with E-state index in [2.05, 4.69) is 31.0 Å². The fourth-order valence-corrected chi connectivity index (χ4v) is 2.68. The van der Waals surface area contributed by atoms with E-state index in [-0.39, 0.29) is 11.9 Å². The van der Waals surface area contributed by atoms with Gasteiger partial charge < -0.3 is 11.1 Å². The quantitative estimate of drug-likeness (QED) is 0.702. The molecule has 0 aromatic rings. The number of rotatable bonds is 7. The summed E-state index contributed by atoms with van der Waals surface area (Å²) in [4.78, 5) is 13.9. The van der Waals surface area contributed by atoms with Crippen LogP contribution in [0, 0.1) is 0 Å². The molecule has 3 unspecified atom stereocenters. The zero-order valence-electron chi connectivity index (χ0n) is 11.4. The van der Waals surface area contributed by atoms with E-state index in [0.29, 0.717) is 12.1 Å². The van der Waals surface area contributed by atoms with Crippen LogP contribution in [0.2, 0.25) is 0 Å². The van der Waals surface area contributed by atoms with Crippen LogP contribution in [0.5, 0.6) is 0 Å². The molecule has 0 spiro atoms. The minimum atomic E-state index is -0.229. The predicted octanol–water partition coefficient (Wildman–Crippen LogP) is 1.10. The Labute approximate surface area is 105 Å². The first kappa shape index (κ1) is 14.5. The summed E-state index contributed by atoms with van der Waals surface area (Å²) in [5.41, 5.74) is 5.46. The molecule has 0 aliphatic carbocycles. The summed E-state index contributed by atoms with van der Waals surface area (Å²) in [5.74, 6) is -0.229. The summed E-state index contributed by atoms with van der Waals surface area (Å²) in [7, 11) is 0. The van der Waals surface area contributed by atoms with Crippen LogP contribution in [-0.2, 0) is 4.79 Å². The second-order valence-corrected chi connectivity index (χ2v) is 5.09. The molecule has 0 aromatic heterocycles. The number of nitrogens with zero attached hydrogens (tertiary/aromatic N) is 1. The molecule has 0 bridgehead atoms. The summed E-state index contributed by atoms with van der Waals surface area (Å²) >= 11 is 0. The fourth-order valence-electron chi connectivity index (χ4n) is 2.68. The maximum absolute atomic E-state index is 11.4. The van der Waals surface area contributed by atoms with Crippen molar-refractivity contribution in [3.63, 3.8) is 0 Å². The Bertz CT molecular complexity index is 245. The van der Waals surface area contributed by atoms with Crippen LogP contribution >= 0.6 is 0 Å². The van der Waals surface area contributed by atoms with Crippen molar-refractivity contribution >= 4 is 5.91 Å². The predicted molar refractivity (Wildman–Crippen MR) is 70.8 cm³/mol. The van der Waals surface area contributed by atoms with Crippen LogP contribution < -0.4 is 11.1 Å². The van der Waals surface area contributed by atoms with Gasteiger partial charge in [0.2, 0.25) is 5.91 Å². The van der Waals surface area contributed by atoms with Crippen molar-refractivity contribution in [2.45, 2.75) is 64.6 Å². The normalized spacial score (nSPS) is 27.2. The molecule has 1 fully saturated rings. The van der Waals surface area contributed by atoms with Gasteiger partial charge in [-0.25, -0.2) is 0 Å². The zero-order chi connectivity index (χ0) is 12.8. The number of likely N-dealkylation sites (tertiary alicyclic amines) is 1. The molecule has 17 heavy (non-hydrogen) atoms. The molecule has 0 radical (unpaired) electrons. The van der Waals surface area contributed by atoms with Crippen LogP contribution in [-0.4, -0.2) is 42.0 Å². The number of hydrogen-bond acceptors (Lipinski definition) is 3. The molecule has 1 amide bonds. The summed E-state index contributed by atoms with van der Waals surface area (Å²) in [6.07, 6.45) is 4.66. The van der Waals surface area contributed by atoms with Crippen molar-refractivity contribution in [1.29, 1.82) is 0 Å². The van der Waals surface area contributed by atoms with Gasteiger partial charge in [0.05, 0.1) is 6.04 Å². The van der Waals surface area contributed by atoms with E-state index in [1.165, 1.54) is 12.8 Å². The van der Waals surface area contributed by atoms with Gasteiger partial charge >= 0.3 is 0 Å². The molecule has 3 atom stereocenters. The van der Waals surface area contributed by atoms with E-state index in [0.717, 1.165) is 25.9 Å². The zero-order valence-corrected chi connectivity index (χ0v) is 11.4. The Morgan fingerprint density at radius 2 is 2.18 bits per heavy atom. The molecule has 0 saturated carbocycles. The number of amides is 1. The van der Waals surface area contributed by atoms with Gasteiger partial charge in [-0.2, -0.15) is 0 Å². The van der Waals surface area contributed by atoms with Crippen molar-refractivity contribution in [2.24, 2.45) is 5.73 Å². The number of nitrogens with two attached hydrogens (primary N) is 1. The van der Waals surface area contributed by atoms with Gasteiger partial charge in [-0.1, -0.05) is 13.8 Å². The molecular formula is C13H27N3O. The van der Waals surface area contributed by atoms with Crippen LogP contribution in [0.15, 0.2) is 0 Å². The van der Waals surface area contributed by atoms with Crippen LogP contribution in [0.1, 0.15) is 46.5 Å². The van der Waals surface area contributed by atoms with Gasteiger partial charge in [-0.3, -0.25) is 9.69 Å². The molecule has 4 heteroatoms. The smallest absolute Gasteiger partial charge is 0.235 e. The highest BCUT2D eigenvalue weighted by Crippen LogP contribution is 2.25. The molecule has 1 aliphatic heterocycles. The van der Waals surface area contributed by atoms with E-state index >= 15 is 0 Å². The summed E-state index contributed by atoms with van der Waals surface area (Å²) < 4.78 is 0. The topological polar surface area (TPSA) is 58.4 Å². The Balaban J connectivity index is 2.55. The second kappa shape index (κ2) is 6.97. The lowest BCUT2D eigenvalue weighted by Crippen LogP contribution is -2.51. The summed E-state index contributed by atoms with van der Waals surface area (Å²) in [6, 6.07) is 0.991.